The molecular weight excluding hydrogens is 240 g/mol. The molecule has 0 heterocycles. The van der Waals surface area contributed by atoms with Gasteiger partial charge >= 0.3 is 0 Å². The number of allylic oxidation sites excluding steroid dienone is 2. The van der Waals surface area contributed by atoms with Gasteiger partial charge in [-0.25, -0.2) is 0 Å². The molecule has 2 atom stereocenters. The summed E-state index contributed by atoms with van der Waals surface area (Å²) >= 11 is 0. The Balaban J connectivity index is 4.35. The van der Waals surface area contributed by atoms with Crippen LogP contribution in [0.3, 0.4) is 0 Å². The quantitative estimate of drug-likeness (QED) is 0.522. The summed E-state index contributed by atoms with van der Waals surface area (Å²) in [7, 11) is -1.67. The fourth-order valence-corrected chi connectivity index (χ4v) is 3.09. The summed E-state index contributed by atoms with van der Waals surface area (Å²) in [6.07, 6.45) is 4.85. The van der Waals surface area contributed by atoms with Gasteiger partial charge in [0.25, 0.3) is 0 Å². The number of hydrogen-bond acceptors (Lipinski definition) is 2. The summed E-state index contributed by atoms with van der Waals surface area (Å²) in [5.74, 6) is 0.494. The van der Waals surface area contributed by atoms with Crippen molar-refractivity contribution < 1.29 is 9.22 Å². The van der Waals surface area contributed by atoms with Crippen molar-refractivity contribution in [1.82, 2.24) is 0 Å². The molecule has 0 bridgehead atoms. The molecule has 0 amide bonds. The van der Waals surface area contributed by atoms with Crippen LogP contribution >= 0.6 is 0 Å². The molecule has 0 saturated carbocycles. The molecule has 18 heavy (non-hydrogen) atoms. The molecule has 0 fully saturated rings. The van der Waals surface area contributed by atoms with E-state index in [2.05, 4.69) is 47.7 Å². The fourth-order valence-electron chi connectivity index (χ4n) is 1.63. The minimum atomic E-state index is -1.67. The molecule has 106 valence electrons. The molecule has 0 saturated heterocycles. The van der Waals surface area contributed by atoms with Crippen LogP contribution in [-0.4, -0.2) is 20.2 Å². The molecule has 0 aromatic carbocycles. The maximum atomic E-state index is 10.9. The van der Waals surface area contributed by atoms with Crippen molar-refractivity contribution in [2.24, 2.45) is 5.92 Å². The van der Waals surface area contributed by atoms with Crippen LogP contribution in [0.5, 0.6) is 0 Å². The topological polar surface area (TPSA) is 26.3 Å². The van der Waals surface area contributed by atoms with E-state index in [4.69, 9.17) is 4.43 Å². The first kappa shape index (κ1) is 17.6. The van der Waals surface area contributed by atoms with Crippen LogP contribution in [0.15, 0.2) is 12.2 Å². The number of hydrogen-bond donors (Lipinski definition) is 0. The second-order valence-corrected chi connectivity index (χ2v) is 11.6. The van der Waals surface area contributed by atoms with Crippen molar-refractivity contribution in [3.8, 4) is 0 Å². The van der Waals surface area contributed by atoms with Gasteiger partial charge < -0.3 is 4.43 Å². The predicted molar refractivity (Wildman–Crippen MR) is 81.3 cm³/mol. The molecule has 0 aliphatic carbocycles. The van der Waals surface area contributed by atoms with Gasteiger partial charge in [0.05, 0.1) is 0 Å². The second-order valence-electron chi connectivity index (χ2n) is 6.87. The monoisotopic (exact) mass is 270 g/mol. The Bertz CT molecular complexity index is 300. The Hall–Kier alpha value is -0.413. The Kier molecular flexibility index (Phi) is 6.51. The second kappa shape index (κ2) is 6.67. The molecule has 0 radical (unpaired) electrons. The van der Waals surface area contributed by atoms with Crippen molar-refractivity contribution in [3.63, 3.8) is 0 Å². The van der Waals surface area contributed by atoms with Crippen molar-refractivity contribution in [2.75, 3.05) is 0 Å². The molecule has 0 N–H and O–H groups in total. The number of ketones is 1. The van der Waals surface area contributed by atoms with Crippen LogP contribution in [0, 0.1) is 5.92 Å². The predicted octanol–water partition coefficient (Wildman–Crippen LogP) is 4.57. The molecule has 0 unspecified atom stereocenters. The summed E-state index contributed by atoms with van der Waals surface area (Å²) in [6.45, 7) is 17.2. The zero-order chi connectivity index (χ0) is 14.6. The lowest BCUT2D eigenvalue weighted by Crippen LogP contribution is -2.43. The number of carbonyl (C=O) groups is 1. The van der Waals surface area contributed by atoms with E-state index in [1.807, 2.05) is 6.08 Å². The highest BCUT2D eigenvalue weighted by atomic mass is 28.4. The lowest BCUT2D eigenvalue weighted by atomic mass is 10.0. The van der Waals surface area contributed by atoms with E-state index >= 15 is 0 Å². The van der Waals surface area contributed by atoms with Gasteiger partial charge in [-0.05, 0) is 50.4 Å². The van der Waals surface area contributed by atoms with Gasteiger partial charge in [-0.2, -0.15) is 0 Å². The Morgan fingerprint density at radius 3 is 2.17 bits per heavy atom. The normalized spacial score (nSPS) is 16.9. The summed E-state index contributed by atoms with van der Waals surface area (Å²) in [4.78, 5) is 10.9. The first-order valence-electron chi connectivity index (χ1n) is 6.82. The maximum absolute atomic E-state index is 10.9. The minimum Gasteiger partial charge on any atom is -0.414 e. The largest absolute Gasteiger partial charge is 0.414 e. The fraction of sp³-hybridized carbons (Fsp3) is 0.800. The Morgan fingerprint density at radius 2 is 1.78 bits per heavy atom. The lowest BCUT2D eigenvalue weighted by Gasteiger charge is -2.38. The molecule has 0 aliphatic heterocycles. The highest BCUT2D eigenvalue weighted by Gasteiger charge is 2.38. The van der Waals surface area contributed by atoms with E-state index in [9.17, 15) is 4.79 Å². The van der Waals surface area contributed by atoms with E-state index < -0.39 is 8.32 Å². The highest BCUT2D eigenvalue weighted by Crippen LogP contribution is 2.37. The van der Waals surface area contributed by atoms with Gasteiger partial charge in [0.15, 0.2) is 14.1 Å². The van der Waals surface area contributed by atoms with E-state index in [-0.39, 0.29) is 16.9 Å². The summed E-state index contributed by atoms with van der Waals surface area (Å²) in [5, 5.41) is 0.250. The van der Waals surface area contributed by atoms with Crippen molar-refractivity contribution in [3.05, 3.63) is 12.2 Å². The van der Waals surface area contributed by atoms with Crippen LogP contribution in [0.4, 0.5) is 0 Å². The molecule has 0 aromatic rings. The third kappa shape index (κ3) is 6.50. The van der Waals surface area contributed by atoms with E-state index in [1.165, 1.54) is 0 Å². The average Bonchev–Trinajstić information content (AvgIpc) is 2.11. The average molecular weight is 270 g/mol. The molecule has 0 aromatic heterocycles. The molecule has 3 heteroatoms. The van der Waals surface area contributed by atoms with Crippen molar-refractivity contribution in [2.45, 2.75) is 72.2 Å². The van der Waals surface area contributed by atoms with Gasteiger partial charge in [-0.3, -0.25) is 4.79 Å². The van der Waals surface area contributed by atoms with Gasteiger partial charge in [0.1, 0.15) is 0 Å². The van der Waals surface area contributed by atoms with Crippen molar-refractivity contribution >= 4 is 14.1 Å². The number of rotatable bonds is 6. The van der Waals surface area contributed by atoms with E-state index in [1.54, 1.807) is 13.0 Å². The van der Waals surface area contributed by atoms with Gasteiger partial charge in [0.2, 0.25) is 0 Å². The van der Waals surface area contributed by atoms with Crippen LogP contribution in [-0.2, 0) is 9.22 Å². The molecule has 2 nitrogen and oxygen atoms in total. The minimum absolute atomic E-state index is 0.111. The van der Waals surface area contributed by atoms with Crippen LogP contribution in [0.25, 0.3) is 0 Å². The Labute approximate surface area is 114 Å². The van der Waals surface area contributed by atoms with E-state index in [0.717, 1.165) is 6.42 Å². The van der Waals surface area contributed by atoms with Gasteiger partial charge in [-0.15, -0.1) is 0 Å². The molecular formula is C15H30O2Si. The number of carbonyl (C=O) groups excluding carboxylic acids is 1. The third-order valence-corrected chi connectivity index (χ3v) is 8.27. The van der Waals surface area contributed by atoms with E-state index in [0.29, 0.717) is 5.92 Å². The first-order chi connectivity index (χ1) is 7.95. The first-order valence-corrected chi connectivity index (χ1v) is 9.73. The summed E-state index contributed by atoms with van der Waals surface area (Å²) in [5.41, 5.74) is 0. The van der Waals surface area contributed by atoms with Gasteiger partial charge in [-0.1, -0.05) is 33.8 Å². The summed E-state index contributed by atoms with van der Waals surface area (Å²) in [6, 6.07) is 0. The SMILES string of the molecule is CC(=O)/C=C/[C@H](C)C[C@H](C)O[Si](C)(C)C(C)(C)C. The maximum Gasteiger partial charge on any atom is 0.192 e. The molecule has 0 rings (SSSR count). The van der Waals surface area contributed by atoms with Crippen LogP contribution in [0.2, 0.25) is 18.1 Å². The molecule has 0 spiro atoms. The third-order valence-electron chi connectivity index (χ3n) is 3.67. The standard InChI is InChI=1S/C15H30O2Si/c1-12(9-10-13(2)16)11-14(3)17-18(7,8)15(4,5)6/h9-10,12,14H,11H2,1-8H3/b10-9+/t12-,14-/m0/s1. The van der Waals surface area contributed by atoms with Crippen LogP contribution < -0.4 is 0 Å². The van der Waals surface area contributed by atoms with Crippen molar-refractivity contribution in [1.29, 1.82) is 0 Å². The smallest absolute Gasteiger partial charge is 0.192 e. The summed E-state index contributed by atoms with van der Waals surface area (Å²) < 4.78 is 6.30. The molecule has 0 aliphatic rings. The zero-order valence-electron chi connectivity index (χ0n) is 13.3. The van der Waals surface area contributed by atoms with Gasteiger partial charge in [0, 0.05) is 6.10 Å². The Morgan fingerprint density at radius 1 is 1.28 bits per heavy atom. The van der Waals surface area contributed by atoms with Crippen LogP contribution in [0.1, 0.15) is 48.0 Å². The zero-order valence-corrected chi connectivity index (χ0v) is 14.3. The lowest BCUT2D eigenvalue weighted by molar-refractivity contribution is -0.112. The highest BCUT2D eigenvalue weighted by molar-refractivity contribution is 6.74.